The molecule has 1 aliphatic carbocycles. The average molecular weight is 436 g/mol. The Labute approximate surface area is 180 Å². The first kappa shape index (κ1) is 20.0. The van der Waals surface area contributed by atoms with Gasteiger partial charge in [0.05, 0.1) is 36.2 Å². The van der Waals surface area contributed by atoms with E-state index in [-0.39, 0.29) is 0 Å². The van der Waals surface area contributed by atoms with E-state index in [1.807, 2.05) is 13.0 Å². The third kappa shape index (κ3) is 2.76. The van der Waals surface area contributed by atoms with E-state index in [0.29, 0.717) is 33.2 Å². The Hall–Kier alpha value is -3.93. The summed E-state index contributed by atoms with van der Waals surface area (Å²) in [5.41, 5.74) is 2.91. The van der Waals surface area contributed by atoms with E-state index in [0.717, 1.165) is 11.1 Å². The molecule has 0 bridgehead atoms. The van der Waals surface area contributed by atoms with Crippen molar-refractivity contribution >= 4 is 27.8 Å². The van der Waals surface area contributed by atoms with Gasteiger partial charge in [-0.3, -0.25) is 9.48 Å². The molecule has 7 nitrogen and oxygen atoms in total. The molecule has 5 rings (SSSR count). The molecule has 9 heteroatoms. The normalized spacial score (nSPS) is 20.2. The first-order chi connectivity index (χ1) is 15.3. The van der Waals surface area contributed by atoms with Gasteiger partial charge in [-0.2, -0.15) is 10.4 Å². The Bertz CT molecular complexity index is 1430. The number of rotatable bonds is 5. The topological polar surface area (TPSA) is 104 Å². The third-order valence-electron chi connectivity index (χ3n) is 6.21. The molecule has 3 atom stereocenters. The number of nitriles is 1. The minimum atomic E-state index is -3.41. The molecule has 2 N–H and O–H groups in total. The van der Waals surface area contributed by atoms with Crippen molar-refractivity contribution in [2.75, 3.05) is 7.11 Å². The van der Waals surface area contributed by atoms with Gasteiger partial charge in [-0.15, -0.1) is 0 Å². The van der Waals surface area contributed by atoms with Crippen LogP contribution in [0.25, 0.3) is 21.8 Å². The summed E-state index contributed by atoms with van der Waals surface area (Å²) in [7, 11) is 1.45. The van der Waals surface area contributed by atoms with E-state index in [4.69, 9.17) is 4.74 Å². The van der Waals surface area contributed by atoms with Gasteiger partial charge in [-0.25, -0.2) is 8.78 Å². The van der Waals surface area contributed by atoms with Crippen LogP contribution >= 0.6 is 0 Å². The number of aliphatic carboxylic acids is 1. The number of hydrogen-bond acceptors (Lipinski definition) is 4. The maximum Gasteiger partial charge on any atom is 0.313 e. The maximum atomic E-state index is 14.8. The largest absolute Gasteiger partial charge is 0.496 e. The summed E-state index contributed by atoms with van der Waals surface area (Å²) in [5.74, 6) is -7.94. The molecule has 0 aliphatic heterocycles. The minimum absolute atomic E-state index is 0.378. The summed E-state index contributed by atoms with van der Waals surface area (Å²) in [6.07, 6.45) is 3.31. The second-order valence-corrected chi connectivity index (χ2v) is 8.03. The van der Waals surface area contributed by atoms with Gasteiger partial charge in [-0.05, 0) is 42.8 Å². The molecule has 2 aromatic heterocycles. The summed E-state index contributed by atoms with van der Waals surface area (Å²) in [6, 6.07) is 9.32. The van der Waals surface area contributed by atoms with E-state index in [9.17, 15) is 23.9 Å². The zero-order valence-electron chi connectivity index (χ0n) is 17.1. The monoisotopic (exact) mass is 436 g/mol. The Balaban J connectivity index is 1.79. The van der Waals surface area contributed by atoms with Gasteiger partial charge >= 0.3 is 5.97 Å². The number of nitrogens with one attached hydrogen (secondary N) is 1. The average Bonchev–Trinajstić information content (AvgIpc) is 3.15. The smallest absolute Gasteiger partial charge is 0.313 e. The van der Waals surface area contributed by atoms with E-state index in [1.54, 1.807) is 42.7 Å². The van der Waals surface area contributed by atoms with Crippen LogP contribution in [0.15, 0.2) is 42.7 Å². The standard InChI is InChI=1S/C23H18F2N4O3/c1-11-7-16(32-2)17(14-5-6-27-20(11)14)21(18-19(22(30)31)23(18,24)25)29-10-13-4-3-12(9-26)8-15(13)28-29/h3-8,10,18-19,21,27H,1-2H3,(H,30,31). The molecular formula is C23H18F2N4O3. The first-order valence-corrected chi connectivity index (χ1v) is 9.92. The third-order valence-corrected chi connectivity index (χ3v) is 6.21. The number of carboxylic acids is 1. The van der Waals surface area contributed by atoms with Crippen LogP contribution in [0.5, 0.6) is 5.75 Å². The van der Waals surface area contributed by atoms with Gasteiger partial charge in [0.1, 0.15) is 11.7 Å². The van der Waals surface area contributed by atoms with Crippen LogP contribution in [0.2, 0.25) is 0 Å². The molecule has 4 aromatic rings. The molecule has 162 valence electrons. The Morgan fingerprint density at radius 1 is 1.38 bits per heavy atom. The molecule has 2 heterocycles. The van der Waals surface area contributed by atoms with Crippen LogP contribution in [0, 0.1) is 30.1 Å². The molecule has 32 heavy (non-hydrogen) atoms. The lowest BCUT2D eigenvalue weighted by molar-refractivity contribution is -0.141. The molecule has 0 spiro atoms. The molecule has 0 radical (unpaired) electrons. The van der Waals surface area contributed by atoms with Crippen molar-refractivity contribution < 1.29 is 23.4 Å². The van der Waals surface area contributed by atoms with E-state index >= 15 is 0 Å². The van der Waals surface area contributed by atoms with Crippen LogP contribution in [-0.4, -0.2) is 38.9 Å². The number of fused-ring (bicyclic) bond motifs is 2. The number of hydrogen-bond donors (Lipinski definition) is 2. The highest BCUT2D eigenvalue weighted by Crippen LogP contribution is 2.63. The van der Waals surface area contributed by atoms with Gasteiger partial charge < -0.3 is 14.8 Å². The zero-order chi connectivity index (χ0) is 22.8. The summed E-state index contributed by atoms with van der Waals surface area (Å²) in [5, 5.41) is 24.4. The van der Waals surface area contributed by atoms with Crippen molar-refractivity contribution in [3.05, 3.63) is 59.4 Å². The van der Waals surface area contributed by atoms with Crippen molar-refractivity contribution in [1.82, 2.24) is 14.8 Å². The Morgan fingerprint density at radius 2 is 2.16 bits per heavy atom. The maximum absolute atomic E-state index is 14.8. The fraction of sp³-hybridized carbons (Fsp3) is 0.261. The van der Waals surface area contributed by atoms with E-state index in [2.05, 4.69) is 10.1 Å². The number of carboxylic acid groups (broad SMARTS) is 1. The number of alkyl halides is 2. The predicted octanol–water partition coefficient (Wildman–Crippen LogP) is 4.26. The lowest BCUT2D eigenvalue weighted by Crippen LogP contribution is -2.19. The van der Waals surface area contributed by atoms with Gasteiger partial charge in [0, 0.05) is 34.2 Å². The molecule has 1 saturated carbocycles. The van der Waals surface area contributed by atoms with E-state index < -0.39 is 29.8 Å². The highest BCUT2D eigenvalue weighted by molar-refractivity contribution is 5.89. The highest BCUT2D eigenvalue weighted by Gasteiger charge is 2.75. The number of halogens is 2. The van der Waals surface area contributed by atoms with Gasteiger partial charge in [-0.1, -0.05) is 0 Å². The number of aromatic amines is 1. The second kappa shape index (κ2) is 6.79. The first-order valence-electron chi connectivity index (χ1n) is 9.92. The number of methoxy groups -OCH3 is 1. The van der Waals surface area contributed by atoms with E-state index in [1.165, 1.54) is 11.8 Å². The van der Waals surface area contributed by atoms with Crippen molar-refractivity contribution in [3.8, 4) is 11.8 Å². The summed E-state index contributed by atoms with van der Waals surface area (Å²) >= 11 is 0. The number of nitrogens with zero attached hydrogens (tertiary/aromatic N) is 3. The zero-order valence-corrected chi connectivity index (χ0v) is 17.1. The SMILES string of the molecule is COc1cc(C)c2[nH]ccc2c1C(C1C(C(=O)O)C1(F)F)n1cc2ccc(C#N)cc2n1. The fourth-order valence-corrected chi connectivity index (χ4v) is 4.66. The molecule has 1 fully saturated rings. The van der Waals surface area contributed by atoms with Crippen molar-refractivity contribution in [3.63, 3.8) is 0 Å². The van der Waals surface area contributed by atoms with Crippen LogP contribution in [0.4, 0.5) is 8.78 Å². The van der Waals surface area contributed by atoms with Gasteiger partial charge in [0.25, 0.3) is 5.92 Å². The summed E-state index contributed by atoms with van der Waals surface area (Å²) in [4.78, 5) is 14.8. The molecule has 3 unspecified atom stereocenters. The molecule has 2 aromatic carbocycles. The number of H-pyrrole nitrogens is 1. The number of benzene rings is 2. The summed E-state index contributed by atoms with van der Waals surface area (Å²) in [6.45, 7) is 1.87. The second-order valence-electron chi connectivity index (χ2n) is 8.03. The van der Waals surface area contributed by atoms with Gasteiger partial charge in [0.2, 0.25) is 0 Å². The molecular weight excluding hydrogens is 418 g/mol. The van der Waals surface area contributed by atoms with Crippen molar-refractivity contribution in [1.29, 1.82) is 5.26 Å². The number of ether oxygens (including phenoxy) is 1. The lowest BCUT2D eigenvalue weighted by atomic mass is 9.94. The predicted molar refractivity (Wildman–Crippen MR) is 112 cm³/mol. The number of carbonyl (C=O) groups is 1. The number of aryl methyl sites for hydroxylation is 1. The fourth-order valence-electron chi connectivity index (χ4n) is 4.66. The Morgan fingerprint density at radius 3 is 2.81 bits per heavy atom. The quantitative estimate of drug-likeness (QED) is 0.487. The van der Waals surface area contributed by atoms with Crippen LogP contribution in [0.3, 0.4) is 0 Å². The minimum Gasteiger partial charge on any atom is -0.496 e. The van der Waals surface area contributed by atoms with Crippen LogP contribution in [-0.2, 0) is 4.79 Å². The van der Waals surface area contributed by atoms with Crippen molar-refractivity contribution in [2.45, 2.75) is 18.9 Å². The highest BCUT2D eigenvalue weighted by atomic mass is 19.3. The van der Waals surface area contributed by atoms with Gasteiger partial charge in [0.15, 0.2) is 0 Å². The molecule has 0 amide bonds. The van der Waals surface area contributed by atoms with Crippen LogP contribution in [0.1, 0.15) is 22.7 Å². The Kier molecular flexibility index (Phi) is 4.24. The molecule has 0 saturated heterocycles. The number of aromatic nitrogens is 3. The van der Waals surface area contributed by atoms with Crippen LogP contribution < -0.4 is 4.74 Å². The molecule has 1 aliphatic rings. The summed E-state index contributed by atoms with van der Waals surface area (Å²) < 4.78 is 36.6. The van der Waals surface area contributed by atoms with Crippen molar-refractivity contribution in [2.24, 2.45) is 11.8 Å². The lowest BCUT2D eigenvalue weighted by Gasteiger charge is -2.22.